The van der Waals surface area contributed by atoms with Gasteiger partial charge in [-0.2, -0.15) is 0 Å². The molecule has 1 N–H and O–H groups in total. The van der Waals surface area contributed by atoms with E-state index in [9.17, 15) is 14.0 Å². The number of piperidine rings is 1. The van der Waals surface area contributed by atoms with Crippen LogP contribution in [-0.2, 0) is 14.9 Å². The van der Waals surface area contributed by atoms with Crippen LogP contribution in [-0.4, -0.2) is 43.1 Å². The number of carbonyl (C=O) groups is 2. The van der Waals surface area contributed by atoms with Gasteiger partial charge in [0.25, 0.3) is 0 Å². The highest BCUT2D eigenvalue weighted by molar-refractivity contribution is 5.79. The van der Waals surface area contributed by atoms with E-state index in [4.69, 9.17) is 4.74 Å². The predicted octanol–water partition coefficient (Wildman–Crippen LogP) is 2.84. The molecule has 5 nitrogen and oxygen atoms in total. The van der Waals surface area contributed by atoms with Crippen LogP contribution in [0.2, 0.25) is 0 Å². The molecule has 136 valence electrons. The Morgan fingerprint density at radius 1 is 1.24 bits per heavy atom. The molecule has 0 unspecified atom stereocenters. The van der Waals surface area contributed by atoms with Crippen LogP contribution in [0.1, 0.15) is 38.2 Å². The number of amides is 2. The Morgan fingerprint density at radius 2 is 1.88 bits per heavy atom. The number of hydrogen-bond acceptors (Lipinski definition) is 3. The summed E-state index contributed by atoms with van der Waals surface area (Å²) in [6, 6.07) is 6.57. The molecule has 1 heterocycles. The van der Waals surface area contributed by atoms with Gasteiger partial charge in [0.1, 0.15) is 5.82 Å². The normalized spacial score (nSPS) is 19.4. The van der Waals surface area contributed by atoms with E-state index in [0.29, 0.717) is 39.1 Å². The molecule has 0 bridgehead atoms. The number of carbonyl (C=O) groups excluding carboxylic acids is 2. The number of hydrogen-bond donors (Lipinski definition) is 1. The monoisotopic (exact) mass is 348 g/mol. The van der Waals surface area contributed by atoms with Crippen molar-refractivity contribution in [1.82, 2.24) is 10.2 Å². The smallest absolute Gasteiger partial charge is 0.409 e. The van der Waals surface area contributed by atoms with Gasteiger partial charge in [-0.05, 0) is 50.3 Å². The van der Waals surface area contributed by atoms with Gasteiger partial charge >= 0.3 is 6.09 Å². The summed E-state index contributed by atoms with van der Waals surface area (Å²) in [6.07, 6.45) is 3.05. The van der Waals surface area contributed by atoms with Gasteiger partial charge in [-0.3, -0.25) is 4.79 Å². The first-order valence-electron chi connectivity index (χ1n) is 8.99. The van der Waals surface area contributed by atoms with Crippen molar-refractivity contribution >= 4 is 12.0 Å². The van der Waals surface area contributed by atoms with Crippen LogP contribution in [0, 0.1) is 11.7 Å². The van der Waals surface area contributed by atoms with Crippen LogP contribution in [0.4, 0.5) is 9.18 Å². The fraction of sp³-hybridized carbons (Fsp3) is 0.579. The van der Waals surface area contributed by atoms with Gasteiger partial charge in [-0.15, -0.1) is 0 Å². The summed E-state index contributed by atoms with van der Waals surface area (Å²) in [5.41, 5.74) is 1.06. The predicted molar refractivity (Wildman–Crippen MR) is 91.6 cm³/mol. The van der Waals surface area contributed by atoms with Crippen LogP contribution in [0.15, 0.2) is 24.3 Å². The van der Waals surface area contributed by atoms with E-state index in [2.05, 4.69) is 5.32 Å². The Morgan fingerprint density at radius 3 is 2.44 bits per heavy atom. The number of nitrogens with zero attached hydrogens (tertiary/aromatic N) is 1. The molecule has 1 saturated heterocycles. The van der Waals surface area contributed by atoms with Crippen molar-refractivity contribution in [1.29, 1.82) is 0 Å². The molecule has 0 spiro atoms. The SMILES string of the molecule is CCOC(=O)N1CCC(C(=O)NCC2(c3ccc(F)cc3)CC2)CC1. The maximum absolute atomic E-state index is 13.1. The van der Waals surface area contributed by atoms with Crippen LogP contribution in [0.5, 0.6) is 0 Å². The quantitative estimate of drug-likeness (QED) is 0.890. The molecule has 3 rings (SSSR count). The Hall–Kier alpha value is -2.11. The lowest BCUT2D eigenvalue weighted by Gasteiger charge is -2.30. The molecule has 2 aliphatic rings. The number of ether oxygens (including phenoxy) is 1. The molecule has 2 fully saturated rings. The van der Waals surface area contributed by atoms with Gasteiger partial charge < -0.3 is 15.0 Å². The number of benzene rings is 1. The highest BCUT2D eigenvalue weighted by Gasteiger charge is 2.44. The highest BCUT2D eigenvalue weighted by atomic mass is 19.1. The van der Waals surface area contributed by atoms with Crippen LogP contribution < -0.4 is 5.32 Å². The van der Waals surface area contributed by atoms with E-state index >= 15 is 0 Å². The molecule has 0 atom stereocenters. The zero-order valence-electron chi connectivity index (χ0n) is 14.6. The summed E-state index contributed by atoms with van der Waals surface area (Å²) in [4.78, 5) is 25.8. The summed E-state index contributed by atoms with van der Waals surface area (Å²) in [6.45, 7) is 3.85. The second kappa shape index (κ2) is 7.42. The van der Waals surface area contributed by atoms with Crippen molar-refractivity contribution in [2.24, 2.45) is 5.92 Å². The first-order chi connectivity index (χ1) is 12.0. The third-order valence-corrected chi connectivity index (χ3v) is 5.30. The summed E-state index contributed by atoms with van der Waals surface area (Å²) in [5, 5.41) is 3.07. The Kier molecular flexibility index (Phi) is 5.25. The second-order valence-corrected chi connectivity index (χ2v) is 6.97. The van der Waals surface area contributed by atoms with Gasteiger partial charge in [0.05, 0.1) is 6.61 Å². The molecular formula is C19H25FN2O3. The third kappa shape index (κ3) is 4.11. The van der Waals surface area contributed by atoms with E-state index in [-0.39, 0.29) is 29.2 Å². The average molecular weight is 348 g/mol. The largest absolute Gasteiger partial charge is 0.450 e. The maximum atomic E-state index is 13.1. The molecular weight excluding hydrogens is 323 g/mol. The molecule has 0 aromatic heterocycles. The van der Waals surface area contributed by atoms with Crippen molar-refractivity contribution < 1.29 is 18.7 Å². The van der Waals surface area contributed by atoms with Crippen LogP contribution in [0.3, 0.4) is 0 Å². The lowest BCUT2D eigenvalue weighted by atomic mass is 9.93. The van der Waals surface area contributed by atoms with Gasteiger partial charge in [0.15, 0.2) is 0 Å². The Balaban J connectivity index is 1.47. The topological polar surface area (TPSA) is 58.6 Å². The van der Waals surface area contributed by atoms with Crippen LogP contribution in [0.25, 0.3) is 0 Å². The molecule has 1 aromatic rings. The van der Waals surface area contributed by atoms with E-state index < -0.39 is 0 Å². The van der Waals surface area contributed by atoms with E-state index in [1.807, 2.05) is 12.1 Å². The second-order valence-electron chi connectivity index (χ2n) is 6.97. The number of likely N-dealkylation sites (tertiary alicyclic amines) is 1. The van der Waals surface area contributed by atoms with Crippen molar-refractivity contribution in [2.75, 3.05) is 26.2 Å². The minimum absolute atomic E-state index is 0.0327. The number of rotatable bonds is 5. The lowest BCUT2D eigenvalue weighted by Crippen LogP contribution is -2.44. The van der Waals surface area contributed by atoms with Crippen molar-refractivity contribution in [3.05, 3.63) is 35.6 Å². The maximum Gasteiger partial charge on any atom is 0.409 e. The average Bonchev–Trinajstić information content (AvgIpc) is 3.42. The number of nitrogens with one attached hydrogen (secondary N) is 1. The highest BCUT2D eigenvalue weighted by Crippen LogP contribution is 2.47. The molecule has 1 aliphatic heterocycles. The lowest BCUT2D eigenvalue weighted by molar-refractivity contribution is -0.126. The van der Waals surface area contributed by atoms with Gasteiger partial charge in [0.2, 0.25) is 5.91 Å². The zero-order chi connectivity index (χ0) is 17.9. The van der Waals surface area contributed by atoms with Crippen LogP contribution >= 0.6 is 0 Å². The molecule has 0 radical (unpaired) electrons. The first-order valence-corrected chi connectivity index (χ1v) is 8.99. The van der Waals surface area contributed by atoms with Gasteiger partial charge in [-0.25, -0.2) is 9.18 Å². The zero-order valence-corrected chi connectivity index (χ0v) is 14.6. The minimum Gasteiger partial charge on any atom is -0.450 e. The molecule has 2 amide bonds. The fourth-order valence-corrected chi connectivity index (χ4v) is 3.46. The molecule has 1 saturated carbocycles. The number of halogens is 1. The summed E-state index contributed by atoms with van der Waals surface area (Å²) >= 11 is 0. The third-order valence-electron chi connectivity index (χ3n) is 5.30. The van der Waals surface area contributed by atoms with Gasteiger partial charge in [0, 0.05) is 31.0 Å². The summed E-state index contributed by atoms with van der Waals surface area (Å²) in [5.74, 6) is -0.247. The first kappa shape index (κ1) is 17.7. The molecule has 1 aromatic carbocycles. The van der Waals surface area contributed by atoms with Crippen molar-refractivity contribution in [3.8, 4) is 0 Å². The molecule has 1 aliphatic carbocycles. The fourth-order valence-electron chi connectivity index (χ4n) is 3.46. The summed E-state index contributed by atoms with van der Waals surface area (Å²) < 4.78 is 18.1. The van der Waals surface area contributed by atoms with Crippen molar-refractivity contribution in [3.63, 3.8) is 0 Å². The standard InChI is InChI=1S/C19H25FN2O3/c1-2-25-18(24)22-11-7-14(8-12-22)17(23)21-13-19(9-10-19)15-3-5-16(20)6-4-15/h3-6,14H,2,7-13H2,1H3,(H,21,23). The molecule has 6 heteroatoms. The van der Waals surface area contributed by atoms with Crippen molar-refractivity contribution in [2.45, 2.75) is 38.0 Å². The Bertz CT molecular complexity index is 620. The summed E-state index contributed by atoms with van der Waals surface area (Å²) in [7, 11) is 0. The Labute approximate surface area is 147 Å². The van der Waals surface area contributed by atoms with E-state index in [0.717, 1.165) is 18.4 Å². The van der Waals surface area contributed by atoms with Gasteiger partial charge in [-0.1, -0.05) is 12.1 Å². The molecule has 25 heavy (non-hydrogen) atoms. The van der Waals surface area contributed by atoms with E-state index in [1.54, 1.807) is 11.8 Å². The minimum atomic E-state index is -0.297. The van der Waals surface area contributed by atoms with E-state index in [1.165, 1.54) is 12.1 Å².